The zero-order chi connectivity index (χ0) is 22.7. The van der Waals surface area contributed by atoms with E-state index in [-0.39, 0.29) is 23.7 Å². The Hall–Kier alpha value is -2.58. The lowest BCUT2D eigenvalue weighted by atomic mass is 9.98. The number of fused-ring (bicyclic) bond motifs is 1. The van der Waals surface area contributed by atoms with Gasteiger partial charge in [-0.15, -0.1) is 10.2 Å². The van der Waals surface area contributed by atoms with Crippen LogP contribution in [0.3, 0.4) is 0 Å². The molecule has 2 heterocycles. The van der Waals surface area contributed by atoms with Crippen LogP contribution in [-0.2, 0) is 16.1 Å². The molecule has 2 atom stereocenters. The maximum Gasteiger partial charge on any atom is 0.233 e. The molecule has 0 aliphatic carbocycles. The van der Waals surface area contributed by atoms with Crippen LogP contribution in [0.2, 0.25) is 0 Å². The molecule has 0 spiro atoms. The van der Waals surface area contributed by atoms with Crippen molar-refractivity contribution < 1.29 is 14.6 Å². The Balaban J connectivity index is 1.60. The Morgan fingerprint density at radius 3 is 2.53 bits per heavy atom. The summed E-state index contributed by atoms with van der Waals surface area (Å²) >= 11 is 1.39. The SMILES string of the molecule is COCCn1c(SCC(=O)N2C(C)CCCC2C)nnc1-c1cc2ccccc2cc1O. The predicted molar refractivity (Wildman–Crippen MR) is 127 cm³/mol. The average Bonchev–Trinajstić information content (AvgIpc) is 3.18. The van der Waals surface area contributed by atoms with Gasteiger partial charge in [0.15, 0.2) is 11.0 Å². The van der Waals surface area contributed by atoms with E-state index < -0.39 is 0 Å². The second-order valence-corrected chi connectivity index (χ2v) is 9.33. The highest BCUT2D eigenvalue weighted by Crippen LogP contribution is 2.34. The molecule has 1 N–H and O–H groups in total. The van der Waals surface area contributed by atoms with E-state index in [9.17, 15) is 9.90 Å². The first-order valence-corrected chi connectivity index (χ1v) is 12.1. The standard InChI is InChI=1S/C24H30N4O3S/c1-16-7-6-8-17(2)28(16)22(30)15-32-24-26-25-23(27(24)11-12-31-3)20-13-18-9-4-5-10-19(18)14-21(20)29/h4-5,9-10,13-14,16-17,29H,6-8,11-12,15H2,1-3H3. The van der Waals surface area contributed by atoms with Gasteiger partial charge in [-0.1, -0.05) is 36.0 Å². The molecule has 3 aromatic rings. The summed E-state index contributed by atoms with van der Waals surface area (Å²) in [6.45, 7) is 5.25. The van der Waals surface area contributed by atoms with Gasteiger partial charge in [0.25, 0.3) is 0 Å². The van der Waals surface area contributed by atoms with E-state index in [4.69, 9.17) is 4.74 Å². The van der Waals surface area contributed by atoms with Gasteiger partial charge in [0.1, 0.15) is 5.75 Å². The predicted octanol–water partition coefficient (Wildman–Crippen LogP) is 4.33. The van der Waals surface area contributed by atoms with Crippen LogP contribution >= 0.6 is 11.8 Å². The number of hydrogen-bond donors (Lipinski definition) is 1. The fraction of sp³-hybridized carbons (Fsp3) is 0.458. The summed E-state index contributed by atoms with van der Waals surface area (Å²) in [5.74, 6) is 1.16. The summed E-state index contributed by atoms with van der Waals surface area (Å²) in [6, 6.07) is 12.1. The number of amides is 1. The van der Waals surface area contributed by atoms with Gasteiger partial charge >= 0.3 is 0 Å². The molecule has 0 saturated carbocycles. The molecular formula is C24H30N4O3S. The van der Waals surface area contributed by atoms with Crippen molar-refractivity contribution in [3.8, 4) is 17.1 Å². The zero-order valence-corrected chi connectivity index (χ0v) is 19.6. The Bertz CT molecular complexity index is 1090. The quantitative estimate of drug-likeness (QED) is 0.535. The minimum absolute atomic E-state index is 0.131. The van der Waals surface area contributed by atoms with Crippen molar-refractivity contribution in [1.82, 2.24) is 19.7 Å². The lowest BCUT2D eigenvalue weighted by Gasteiger charge is -2.39. The molecule has 32 heavy (non-hydrogen) atoms. The highest BCUT2D eigenvalue weighted by Gasteiger charge is 2.29. The van der Waals surface area contributed by atoms with Crippen molar-refractivity contribution in [2.24, 2.45) is 0 Å². The Morgan fingerprint density at radius 1 is 1.16 bits per heavy atom. The summed E-state index contributed by atoms with van der Waals surface area (Å²) in [6.07, 6.45) is 3.27. The number of carbonyl (C=O) groups is 1. The van der Waals surface area contributed by atoms with Crippen molar-refractivity contribution in [1.29, 1.82) is 0 Å². The minimum atomic E-state index is 0.131. The van der Waals surface area contributed by atoms with Crippen molar-refractivity contribution in [3.63, 3.8) is 0 Å². The van der Waals surface area contributed by atoms with E-state index in [0.717, 1.165) is 23.6 Å². The fourth-order valence-electron chi connectivity index (χ4n) is 4.50. The van der Waals surface area contributed by atoms with E-state index in [1.54, 1.807) is 13.2 Å². The highest BCUT2D eigenvalue weighted by atomic mass is 32.2. The van der Waals surface area contributed by atoms with Gasteiger partial charge in [-0.25, -0.2) is 0 Å². The summed E-state index contributed by atoms with van der Waals surface area (Å²) in [4.78, 5) is 15.0. The van der Waals surface area contributed by atoms with Crippen molar-refractivity contribution in [3.05, 3.63) is 36.4 Å². The van der Waals surface area contributed by atoms with Gasteiger partial charge in [0.05, 0.1) is 24.5 Å². The second-order valence-electron chi connectivity index (χ2n) is 8.39. The molecule has 1 aliphatic heterocycles. The lowest BCUT2D eigenvalue weighted by molar-refractivity contribution is -0.134. The van der Waals surface area contributed by atoms with E-state index >= 15 is 0 Å². The van der Waals surface area contributed by atoms with E-state index in [1.165, 1.54) is 18.2 Å². The van der Waals surface area contributed by atoms with Crippen LogP contribution in [0.5, 0.6) is 5.75 Å². The Kier molecular flexibility index (Phi) is 7.01. The van der Waals surface area contributed by atoms with Crippen molar-refractivity contribution in [2.75, 3.05) is 19.5 Å². The highest BCUT2D eigenvalue weighted by molar-refractivity contribution is 7.99. The summed E-state index contributed by atoms with van der Waals surface area (Å²) in [7, 11) is 1.65. The van der Waals surface area contributed by atoms with Gasteiger partial charge < -0.3 is 14.7 Å². The molecule has 7 nitrogen and oxygen atoms in total. The third kappa shape index (κ3) is 4.61. The van der Waals surface area contributed by atoms with E-state index in [0.29, 0.717) is 35.4 Å². The lowest BCUT2D eigenvalue weighted by Crippen LogP contribution is -2.48. The number of carbonyl (C=O) groups excluding carboxylic acids is 1. The molecule has 4 rings (SSSR count). The molecule has 0 radical (unpaired) electrons. The summed E-state index contributed by atoms with van der Waals surface area (Å²) in [5.41, 5.74) is 0.615. The monoisotopic (exact) mass is 454 g/mol. The molecular weight excluding hydrogens is 424 g/mol. The molecule has 1 saturated heterocycles. The van der Waals surface area contributed by atoms with Crippen LogP contribution in [0.1, 0.15) is 33.1 Å². The minimum Gasteiger partial charge on any atom is -0.507 e. The number of phenolic OH excluding ortho intramolecular Hbond substituents is 1. The maximum absolute atomic E-state index is 13.0. The first-order valence-electron chi connectivity index (χ1n) is 11.1. The molecule has 2 aromatic carbocycles. The largest absolute Gasteiger partial charge is 0.507 e. The van der Waals surface area contributed by atoms with Crippen molar-refractivity contribution >= 4 is 28.4 Å². The Labute approximate surface area is 192 Å². The van der Waals surface area contributed by atoms with Crippen LogP contribution in [0, 0.1) is 0 Å². The molecule has 2 unspecified atom stereocenters. The van der Waals surface area contributed by atoms with Gasteiger partial charge in [-0.3, -0.25) is 9.36 Å². The number of benzene rings is 2. The smallest absolute Gasteiger partial charge is 0.233 e. The van der Waals surface area contributed by atoms with Crippen LogP contribution in [0.15, 0.2) is 41.6 Å². The second kappa shape index (κ2) is 9.92. The van der Waals surface area contributed by atoms with Gasteiger partial charge in [-0.05, 0) is 56.0 Å². The maximum atomic E-state index is 13.0. The number of ether oxygens (including phenoxy) is 1. The fourth-order valence-corrected chi connectivity index (χ4v) is 5.33. The number of phenols is 1. The van der Waals surface area contributed by atoms with Crippen LogP contribution in [0.25, 0.3) is 22.2 Å². The molecule has 0 bridgehead atoms. The third-order valence-electron chi connectivity index (χ3n) is 6.15. The average molecular weight is 455 g/mol. The molecule has 170 valence electrons. The topological polar surface area (TPSA) is 80.5 Å². The number of methoxy groups -OCH3 is 1. The zero-order valence-electron chi connectivity index (χ0n) is 18.8. The van der Waals surface area contributed by atoms with Crippen LogP contribution in [-0.4, -0.2) is 62.2 Å². The number of likely N-dealkylation sites (tertiary alicyclic amines) is 1. The molecule has 1 aromatic heterocycles. The molecule has 8 heteroatoms. The summed E-state index contributed by atoms with van der Waals surface area (Å²) < 4.78 is 7.21. The van der Waals surface area contributed by atoms with Gasteiger partial charge in [-0.2, -0.15) is 0 Å². The van der Waals surface area contributed by atoms with Crippen LogP contribution < -0.4 is 0 Å². The number of rotatable bonds is 7. The van der Waals surface area contributed by atoms with Gasteiger partial charge in [0, 0.05) is 19.2 Å². The number of aromatic nitrogens is 3. The third-order valence-corrected chi connectivity index (χ3v) is 7.10. The number of thioether (sulfide) groups is 1. The van der Waals surface area contributed by atoms with E-state index in [2.05, 4.69) is 24.0 Å². The molecule has 1 amide bonds. The summed E-state index contributed by atoms with van der Waals surface area (Å²) in [5, 5.41) is 22.0. The first kappa shape index (κ1) is 22.6. The normalized spacial score (nSPS) is 18.9. The number of aromatic hydroxyl groups is 1. The van der Waals surface area contributed by atoms with Crippen molar-refractivity contribution in [2.45, 2.75) is 56.9 Å². The molecule has 1 aliphatic rings. The number of nitrogens with zero attached hydrogens (tertiary/aromatic N) is 4. The number of hydrogen-bond acceptors (Lipinski definition) is 6. The van der Waals surface area contributed by atoms with E-state index in [1.807, 2.05) is 39.8 Å². The molecule has 1 fully saturated rings. The Morgan fingerprint density at radius 2 is 1.84 bits per heavy atom. The number of piperidine rings is 1. The first-order chi connectivity index (χ1) is 15.5. The van der Waals surface area contributed by atoms with Gasteiger partial charge in [0.2, 0.25) is 5.91 Å². The van der Waals surface area contributed by atoms with Crippen LogP contribution in [0.4, 0.5) is 0 Å².